The van der Waals surface area contributed by atoms with E-state index in [2.05, 4.69) is 6.07 Å². The van der Waals surface area contributed by atoms with Crippen molar-refractivity contribution in [1.29, 1.82) is 0 Å². The molecule has 1 heterocycles. The van der Waals surface area contributed by atoms with E-state index in [1.807, 2.05) is 19.1 Å². The van der Waals surface area contributed by atoms with Crippen molar-refractivity contribution in [2.75, 3.05) is 0 Å². The van der Waals surface area contributed by atoms with E-state index in [-0.39, 0.29) is 5.78 Å². The number of furan rings is 1. The molecule has 17 heavy (non-hydrogen) atoms. The first-order chi connectivity index (χ1) is 8.25. The Balaban J connectivity index is 2.00. The third-order valence-corrected chi connectivity index (χ3v) is 3.46. The van der Waals surface area contributed by atoms with E-state index in [4.69, 9.17) is 4.42 Å². The van der Waals surface area contributed by atoms with Gasteiger partial charge in [0.1, 0.15) is 5.76 Å². The zero-order valence-electron chi connectivity index (χ0n) is 9.82. The monoisotopic (exact) mass is 226 g/mol. The minimum Gasteiger partial charge on any atom is -0.469 e. The second-order valence-corrected chi connectivity index (χ2v) is 4.56. The van der Waals surface area contributed by atoms with Gasteiger partial charge in [-0.25, -0.2) is 0 Å². The predicted octanol–water partition coefficient (Wildman–Crippen LogP) is 3.31. The summed E-state index contributed by atoms with van der Waals surface area (Å²) in [5, 5.41) is 0. The first kappa shape index (κ1) is 10.3. The summed E-state index contributed by atoms with van der Waals surface area (Å²) in [5.41, 5.74) is 4.17. The Bertz CT molecular complexity index is 578. The maximum absolute atomic E-state index is 12.3. The van der Waals surface area contributed by atoms with Crippen LogP contribution in [0.4, 0.5) is 0 Å². The third kappa shape index (κ3) is 1.70. The van der Waals surface area contributed by atoms with Crippen LogP contribution in [0.2, 0.25) is 0 Å². The maximum Gasteiger partial charge on any atom is 0.196 e. The molecule has 2 heteroatoms. The lowest BCUT2D eigenvalue weighted by molar-refractivity contribution is 0.103. The molecule has 1 aliphatic rings. The van der Waals surface area contributed by atoms with Gasteiger partial charge in [0.05, 0.1) is 11.8 Å². The number of aryl methyl sites for hydroxylation is 3. The lowest BCUT2D eigenvalue weighted by Gasteiger charge is -2.03. The largest absolute Gasteiger partial charge is 0.469 e. The molecule has 2 aromatic rings. The van der Waals surface area contributed by atoms with Gasteiger partial charge in [-0.15, -0.1) is 0 Å². The Morgan fingerprint density at radius 2 is 2.00 bits per heavy atom. The lowest BCUT2D eigenvalue weighted by atomic mass is 10.00. The van der Waals surface area contributed by atoms with Crippen LogP contribution in [-0.4, -0.2) is 5.78 Å². The Kier molecular flexibility index (Phi) is 2.36. The molecule has 0 N–H and O–H groups in total. The number of carbonyl (C=O) groups excluding carboxylic acids is 1. The van der Waals surface area contributed by atoms with Crippen molar-refractivity contribution in [2.45, 2.75) is 26.2 Å². The zero-order valence-corrected chi connectivity index (χ0v) is 9.82. The van der Waals surface area contributed by atoms with Crippen molar-refractivity contribution in [3.05, 3.63) is 58.5 Å². The molecule has 0 unspecified atom stereocenters. The summed E-state index contributed by atoms with van der Waals surface area (Å²) < 4.78 is 5.18. The van der Waals surface area contributed by atoms with Crippen molar-refractivity contribution in [3.8, 4) is 0 Å². The molecule has 0 fully saturated rings. The minimum atomic E-state index is 0.0611. The van der Waals surface area contributed by atoms with E-state index in [0.29, 0.717) is 11.3 Å². The van der Waals surface area contributed by atoms with Gasteiger partial charge in [0.25, 0.3) is 0 Å². The molecule has 0 atom stereocenters. The molecule has 0 saturated heterocycles. The highest BCUT2D eigenvalue weighted by Crippen LogP contribution is 2.24. The summed E-state index contributed by atoms with van der Waals surface area (Å²) in [5.74, 6) is 0.751. The highest BCUT2D eigenvalue weighted by atomic mass is 16.3. The summed E-state index contributed by atoms with van der Waals surface area (Å²) in [6, 6.07) is 7.80. The molecule has 3 rings (SSSR count). The number of fused-ring (bicyclic) bond motifs is 1. The smallest absolute Gasteiger partial charge is 0.196 e. The van der Waals surface area contributed by atoms with Gasteiger partial charge in [0.2, 0.25) is 0 Å². The van der Waals surface area contributed by atoms with Gasteiger partial charge in [0, 0.05) is 5.56 Å². The number of carbonyl (C=O) groups is 1. The van der Waals surface area contributed by atoms with E-state index in [9.17, 15) is 4.79 Å². The normalized spacial score (nSPS) is 13.7. The number of hydrogen-bond donors (Lipinski definition) is 0. The molecule has 1 aromatic carbocycles. The molecule has 86 valence electrons. The zero-order chi connectivity index (χ0) is 11.8. The van der Waals surface area contributed by atoms with Crippen LogP contribution in [0.25, 0.3) is 0 Å². The van der Waals surface area contributed by atoms with Crippen LogP contribution in [0.15, 0.2) is 34.9 Å². The summed E-state index contributed by atoms with van der Waals surface area (Å²) in [6.07, 6.45) is 5.02. The summed E-state index contributed by atoms with van der Waals surface area (Å²) in [6.45, 7) is 1.82. The van der Waals surface area contributed by atoms with Gasteiger partial charge in [-0.2, -0.15) is 0 Å². The van der Waals surface area contributed by atoms with Crippen molar-refractivity contribution in [2.24, 2.45) is 0 Å². The van der Waals surface area contributed by atoms with E-state index < -0.39 is 0 Å². The van der Waals surface area contributed by atoms with Crippen LogP contribution >= 0.6 is 0 Å². The molecule has 2 nitrogen and oxygen atoms in total. The number of hydrogen-bond acceptors (Lipinski definition) is 2. The fourth-order valence-electron chi connectivity index (χ4n) is 2.49. The predicted molar refractivity (Wildman–Crippen MR) is 65.3 cm³/mol. The van der Waals surface area contributed by atoms with E-state index in [0.717, 1.165) is 18.4 Å². The maximum atomic E-state index is 12.3. The second kappa shape index (κ2) is 3.88. The van der Waals surface area contributed by atoms with Crippen LogP contribution in [-0.2, 0) is 12.8 Å². The highest BCUT2D eigenvalue weighted by Gasteiger charge is 2.17. The highest BCUT2D eigenvalue weighted by molar-refractivity contribution is 6.09. The standard InChI is InChI=1S/C15H14O2/c1-10-14(7-8-17-10)15(16)13-6-5-11-3-2-4-12(11)9-13/h5-9H,2-4H2,1H3. The van der Waals surface area contributed by atoms with Crippen LogP contribution in [0, 0.1) is 6.92 Å². The average Bonchev–Trinajstić information content (AvgIpc) is 2.95. The van der Waals surface area contributed by atoms with Gasteiger partial charge >= 0.3 is 0 Å². The third-order valence-electron chi connectivity index (χ3n) is 3.46. The molecular formula is C15H14O2. The fourth-order valence-corrected chi connectivity index (χ4v) is 2.49. The van der Waals surface area contributed by atoms with Crippen molar-refractivity contribution in [3.63, 3.8) is 0 Å². The number of benzene rings is 1. The lowest BCUT2D eigenvalue weighted by Crippen LogP contribution is -2.02. The van der Waals surface area contributed by atoms with Crippen molar-refractivity contribution >= 4 is 5.78 Å². The summed E-state index contributed by atoms with van der Waals surface area (Å²) in [4.78, 5) is 12.3. The van der Waals surface area contributed by atoms with Gasteiger partial charge in [-0.1, -0.05) is 12.1 Å². The molecule has 0 radical (unpaired) electrons. The van der Waals surface area contributed by atoms with Crippen LogP contribution < -0.4 is 0 Å². The van der Waals surface area contributed by atoms with Crippen molar-refractivity contribution < 1.29 is 9.21 Å². The summed E-state index contributed by atoms with van der Waals surface area (Å²) >= 11 is 0. The topological polar surface area (TPSA) is 30.2 Å². The Hall–Kier alpha value is -1.83. The van der Waals surface area contributed by atoms with E-state index >= 15 is 0 Å². The summed E-state index contributed by atoms with van der Waals surface area (Å²) in [7, 11) is 0. The number of ketones is 1. The molecule has 1 aliphatic carbocycles. The second-order valence-electron chi connectivity index (χ2n) is 4.56. The van der Waals surface area contributed by atoms with Crippen LogP contribution in [0.5, 0.6) is 0 Å². The van der Waals surface area contributed by atoms with E-state index in [1.54, 1.807) is 12.3 Å². The van der Waals surface area contributed by atoms with E-state index in [1.165, 1.54) is 17.5 Å². The molecule has 0 spiro atoms. The molecule has 1 aromatic heterocycles. The van der Waals surface area contributed by atoms with Crippen molar-refractivity contribution in [1.82, 2.24) is 0 Å². The quantitative estimate of drug-likeness (QED) is 0.735. The first-order valence-corrected chi connectivity index (χ1v) is 5.96. The SMILES string of the molecule is Cc1occc1C(=O)c1ccc2c(c1)CCC2. The molecule has 0 saturated carbocycles. The average molecular weight is 226 g/mol. The Labute approximate surface area is 100 Å². The van der Waals surface area contributed by atoms with Crippen LogP contribution in [0.3, 0.4) is 0 Å². The van der Waals surface area contributed by atoms with Crippen LogP contribution in [0.1, 0.15) is 39.2 Å². The fraction of sp³-hybridized carbons (Fsp3) is 0.267. The Morgan fingerprint density at radius 3 is 2.76 bits per heavy atom. The van der Waals surface area contributed by atoms with Gasteiger partial charge < -0.3 is 4.42 Å². The molecule has 0 bridgehead atoms. The van der Waals surface area contributed by atoms with Gasteiger partial charge in [0.15, 0.2) is 5.78 Å². The Morgan fingerprint density at radius 1 is 1.18 bits per heavy atom. The van der Waals surface area contributed by atoms with Gasteiger partial charge in [-0.05, 0) is 49.4 Å². The minimum absolute atomic E-state index is 0.0611. The number of rotatable bonds is 2. The molecule has 0 aliphatic heterocycles. The van der Waals surface area contributed by atoms with Gasteiger partial charge in [-0.3, -0.25) is 4.79 Å². The first-order valence-electron chi connectivity index (χ1n) is 5.96. The molecule has 0 amide bonds. The molecular weight excluding hydrogens is 212 g/mol.